The number of nitrogens with zero attached hydrogens (tertiary/aromatic N) is 1. The molecule has 18 heavy (non-hydrogen) atoms. The number of benzene rings is 1. The van der Waals surface area contributed by atoms with Crippen LogP contribution in [0.2, 0.25) is 0 Å². The van der Waals surface area contributed by atoms with Crippen LogP contribution in [0.3, 0.4) is 0 Å². The third-order valence-electron chi connectivity index (χ3n) is 2.46. The van der Waals surface area contributed by atoms with Crippen molar-refractivity contribution in [3.05, 3.63) is 29.6 Å². The Morgan fingerprint density at radius 1 is 1.44 bits per heavy atom. The van der Waals surface area contributed by atoms with Crippen molar-refractivity contribution in [1.82, 2.24) is 4.90 Å². The first-order valence-electron chi connectivity index (χ1n) is 5.41. The van der Waals surface area contributed by atoms with E-state index >= 15 is 0 Å². The monoisotopic (exact) mass is 254 g/mol. The minimum Gasteiger partial charge on any atom is -0.452 e. The van der Waals surface area contributed by atoms with Crippen LogP contribution in [-0.2, 0) is 9.53 Å². The molecule has 0 spiro atoms. The average molecular weight is 254 g/mol. The Hall–Kier alpha value is -2.11. The smallest absolute Gasteiger partial charge is 0.340 e. The van der Waals surface area contributed by atoms with E-state index in [9.17, 15) is 14.0 Å². The lowest BCUT2D eigenvalue weighted by atomic mass is 10.2. The highest BCUT2D eigenvalue weighted by Gasteiger charge is 2.15. The van der Waals surface area contributed by atoms with Gasteiger partial charge in [-0.15, -0.1) is 0 Å². The first-order valence-corrected chi connectivity index (χ1v) is 5.41. The second kappa shape index (κ2) is 6.00. The normalized spacial score (nSPS) is 9.94. The number of carbonyl (C=O) groups is 2. The number of esters is 1. The minimum absolute atomic E-state index is 0.0173. The Kier molecular flexibility index (Phi) is 4.65. The molecule has 0 atom stereocenters. The zero-order valence-corrected chi connectivity index (χ0v) is 10.3. The summed E-state index contributed by atoms with van der Waals surface area (Å²) in [5.41, 5.74) is 5.51. The molecule has 98 valence electrons. The SMILES string of the molecule is CCN(C)C(=O)COC(=O)c1ccc(F)cc1N. The summed E-state index contributed by atoms with van der Waals surface area (Å²) < 4.78 is 17.6. The number of nitrogens with two attached hydrogens (primary N) is 1. The third kappa shape index (κ3) is 3.44. The summed E-state index contributed by atoms with van der Waals surface area (Å²) >= 11 is 0. The number of amides is 1. The van der Waals surface area contributed by atoms with Crippen molar-refractivity contribution in [2.75, 3.05) is 25.9 Å². The van der Waals surface area contributed by atoms with Crippen LogP contribution in [-0.4, -0.2) is 37.0 Å². The third-order valence-corrected chi connectivity index (χ3v) is 2.46. The molecule has 0 aliphatic rings. The standard InChI is InChI=1S/C12H15FN2O3/c1-3-15(2)11(16)7-18-12(17)9-5-4-8(13)6-10(9)14/h4-6H,3,7,14H2,1-2H3. The number of hydrogen-bond donors (Lipinski definition) is 1. The number of rotatable bonds is 4. The largest absolute Gasteiger partial charge is 0.452 e. The van der Waals surface area contributed by atoms with Gasteiger partial charge in [-0.1, -0.05) is 0 Å². The van der Waals surface area contributed by atoms with E-state index in [1.54, 1.807) is 14.0 Å². The zero-order chi connectivity index (χ0) is 13.7. The number of halogens is 1. The maximum atomic E-state index is 12.8. The number of likely N-dealkylation sites (N-methyl/N-ethyl adjacent to an activating group) is 1. The van der Waals surface area contributed by atoms with Gasteiger partial charge in [0.15, 0.2) is 6.61 Å². The number of ether oxygens (including phenoxy) is 1. The van der Waals surface area contributed by atoms with Crippen molar-refractivity contribution < 1.29 is 18.7 Å². The molecule has 1 rings (SSSR count). The van der Waals surface area contributed by atoms with Crippen molar-refractivity contribution in [3.63, 3.8) is 0 Å². The first kappa shape index (κ1) is 14.0. The molecule has 0 aromatic heterocycles. The van der Waals surface area contributed by atoms with Gasteiger partial charge in [-0.2, -0.15) is 0 Å². The second-order valence-electron chi connectivity index (χ2n) is 3.72. The number of carbonyl (C=O) groups excluding carboxylic acids is 2. The number of nitrogen functional groups attached to an aromatic ring is 1. The Labute approximate surface area is 104 Å². The summed E-state index contributed by atoms with van der Waals surface area (Å²) in [6, 6.07) is 3.35. The molecule has 0 saturated heterocycles. The Balaban J connectivity index is 2.63. The Bertz CT molecular complexity index is 463. The lowest BCUT2D eigenvalue weighted by Gasteiger charge is -2.14. The van der Waals surface area contributed by atoms with Crippen LogP contribution in [0.4, 0.5) is 10.1 Å². The van der Waals surface area contributed by atoms with Gasteiger partial charge in [-0.05, 0) is 25.1 Å². The molecule has 0 fully saturated rings. The predicted octanol–water partition coefficient (Wildman–Crippen LogP) is 1.04. The fourth-order valence-corrected chi connectivity index (χ4v) is 1.21. The van der Waals surface area contributed by atoms with Crippen LogP contribution in [0, 0.1) is 5.82 Å². The first-order chi connectivity index (χ1) is 8.45. The van der Waals surface area contributed by atoms with E-state index in [0.717, 1.165) is 12.1 Å². The summed E-state index contributed by atoms with van der Waals surface area (Å²) in [5.74, 6) is -1.59. The molecule has 0 aliphatic heterocycles. The molecule has 0 heterocycles. The van der Waals surface area contributed by atoms with Crippen molar-refractivity contribution in [2.24, 2.45) is 0 Å². The van der Waals surface area contributed by atoms with E-state index < -0.39 is 11.8 Å². The van der Waals surface area contributed by atoms with E-state index in [-0.39, 0.29) is 23.8 Å². The molecule has 0 unspecified atom stereocenters. The van der Waals surface area contributed by atoms with Gasteiger partial charge in [0, 0.05) is 19.3 Å². The molecule has 0 saturated carbocycles. The van der Waals surface area contributed by atoms with Crippen molar-refractivity contribution >= 4 is 17.6 Å². The van der Waals surface area contributed by atoms with Gasteiger partial charge in [0.1, 0.15) is 5.82 Å². The van der Waals surface area contributed by atoms with Crippen LogP contribution in [0.5, 0.6) is 0 Å². The maximum absolute atomic E-state index is 12.8. The maximum Gasteiger partial charge on any atom is 0.340 e. The quantitative estimate of drug-likeness (QED) is 0.643. The summed E-state index contributed by atoms with van der Waals surface area (Å²) in [7, 11) is 1.60. The molecule has 2 N–H and O–H groups in total. The molecule has 1 aromatic carbocycles. The lowest BCUT2D eigenvalue weighted by Crippen LogP contribution is -2.31. The fraction of sp³-hybridized carbons (Fsp3) is 0.333. The van der Waals surface area contributed by atoms with Crippen LogP contribution >= 0.6 is 0 Å². The van der Waals surface area contributed by atoms with Gasteiger partial charge in [0.05, 0.1) is 5.56 Å². The summed E-state index contributed by atoms with van der Waals surface area (Å²) in [5, 5.41) is 0. The van der Waals surface area contributed by atoms with Gasteiger partial charge in [0.2, 0.25) is 0 Å². The molecule has 6 heteroatoms. The number of hydrogen-bond acceptors (Lipinski definition) is 4. The average Bonchev–Trinajstić information content (AvgIpc) is 2.34. The topological polar surface area (TPSA) is 72.6 Å². The van der Waals surface area contributed by atoms with E-state index in [4.69, 9.17) is 10.5 Å². The van der Waals surface area contributed by atoms with Gasteiger partial charge >= 0.3 is 5.97 Å². The van der Waals surface area contributed by atoms with Crippen LogP contribution < -0.4 is 5.73 Å². The highest BCUT2D eigenvalue weighted by Crippen LogP contribution is 2.14. The predicted molar refractivity (Wildman–Crippen MR) is 64.4 cm³/mol. The zero-order valence-electron chi connectivity index (χ0n) is 10.3. The molecule has 0 aliphatic carbocycles. The van der Waals surface area contributed by atoms with E-state index in [2.05, 4.69) is 0 Å². The van der Waals surface area contributed by atoms with Crippen LogP contribution in [0.1, 0.15) is 17.3 Å². The highest BCUT2D eigenvalue weighted by molar-refractivity contribution is 5.96. The van der Waals surface area contributed by atoms with Crippen molar-refractivity contribution in [2.45, 2.75) is 6.92 Å². The van der Waals surface area contributed by atoms with E-state index in [1.165, 1.54) is 11.0 Å². The molecule has 5 nitrogen and oxygen atoms in total. The molecule has 1 amide bonds. The van der Waals surface area contributed by atoms with E-state index in [0.29, 0.717) is 6.54 Å². The van der Waals surface area contributed by atoms with Crippen LogP contribution in [0.15, 0.2) is 18.2 Å². The van der Waals surface area contributed by atoms with Crippen LogP contribution in [0.25, 0.3) is 0 Å². The molecular weight excluding hydrogens is 239 g/mol. The van der Waals surface area contributed by atoms with Gasteiger partial charge in [-0.25, -0.2) is 9.18 Å². The summed E-state index contributed by atoms with van der Waals surface area (Å²) in [6.45, 7) is 1.97. The highest BCUT2D eigenvalue weighted by atomic mass is 19.1. The number of anilines is 1. The van der Waals surface area contributed by atoms with Gasteiger partial charge in [0.25, 0.3) is 5.91 Å². The van der Waals surface area contributed by atoms with Gasteiger partial charge < -0.3 is 15.4 Å². The van der Waals surface area contributed by atoms with Gasteiger partial charge in [-0.3, -0.25) is 4.79 Å². The Morgan fingerprint density at radius 2 is 2.11 bits per heavy atom. The summed E-state index contributed by atoms with van der Waals surface area (Å²) in [4.78, 5) is 24.4. The summed E-state index contributed by atoms with van der Waals surface area (Å²) in [6.07, 6.45) is 0. The van der Waals surface area contributed by atoms with E-state index in [1.807, 2.05) is 0 Å². The lowest BCUT2D eigenvalue weighted by molar-refractivity contribution is -0.133. The minimum atomic E-state index is -0.745. The fourth-order valence-electron chi connectivity index (χ4n) is 1.21. The Morgan fingerprint density at radius 3 is 2.67 bits per heavy atom. The van der Waals surface area contributed by atoms with Crippen molar-refractivity contribution in [3.8, 4) is 0 Å². The second-order valence-corrected chi connectivity index (χ2v) is 3.72. The molecule has 1 aromatic rings. The van der Waals surface area contributed by atoms with Crippen molar-refractivity contribution in [1.29, 1.82) is 0 Å². The molecule has 0 bridgehead atoms. The molecular formula is C12H15FN2O3. The molecule has 0 radical (unpaired) electrons.